The molecule has 0 aliphatic carbocycles. The molecule has 2 atom stereocenters. The van der Waals surface area contributed by atoms with E-state index in [-0.39, 0.29) is 12.0 Å². The first-order valence-corrected chi connectivity index (χ1v) is 6.36. The molecule has 0 aromatic carbocycles. The van der Waals surface area contributed by atoms with Crippen LogP contribution in [0, 0.1) is 5.92 Å². The highest BCUT2D eigenvalue weighted by molar-refractivity contribution is 5.35. The van der Waals surface area contributed by atoms with Gasteiger partial charge in [0.2, 0.25) is 17.8 Å². The number of rotatable bonds is 5. The minimum Gasteiger partial charge on any atom is -0.368 e. The lowest BCUT2D eigenvalue weighted by atomic mass is 10.0. The average Bonchev–Trinajstić information content (AvgIpc) is 2.90. The van der Waals surface area contributed by atoms with Crippen molar-refractivity contribution < 1.29 is 0 Å². The third kappa shape index (κ3) is 3.18. The number of nitrogens with zero attached hydrogens (tertiary/aromatic N) is 5. The van der Waals surface area contributed by atoms with Crippen LogP contribution in [0.3, 0.4) is 0 Å². The van der Waals surface area contributed by atoms with Crippen molar-refractivity contribution in [2.45, 2.75) is 33.2 Å². The topological polar surface area (TPSA) is 94.5 Å². The third-order valence-corrected chi connectivity index (χ3v) is 3.23. The maximum absolute atomic E-state index is 5.71. The third-order valence-electron chi connectivity index (χ3n) is 3.23. The average molecular weight is 261 g/mol. The zero-order chi connectivity index (χ0) is 13.8. The molecule has 2 unspecified atom stereocenters. The van der Waals surface area contributed by atoms with E-state index in [2.05, 4.69) is 46.0 Å². The van der Waals surface area contributed by atoms with E-state index >= 15 is 0 Å². The summed E-state index contributed by atoms with van der Waals surface area (Å²) in [5.74, 6) is 1.67. The second-order valence-electron chi connectivity index (χ2n) is 4.61. The smallest absolute Gasteiger partial charge is 0.241 e. The number of imidazole rings is 1. The Morgan fingerprint density at radius 1 is 1.32 bits per heavy atom. The molecule has 0 saturated carbocycles. The summed E-state index contributed by atoms with van der Waals surface area (Å²) in [6, 6.07) is 0.266. The summed E-state index contributed by atoms with van der Waals surface area (Å²) in [5.41, 5.74) is 5.71. The fraction of sp³-hybridized carbons (Fsp3) is 0.500. The van der Waals surface area contributed by atoms with Crippen LogP contribution in [0.25, 0.3) is 5.95 Å². The van der Waals surface area contributed by atoms with Crippen molar-refractivity contribution in [3.63, 3.8) is 0 Å². The van der Waals surface area contributed by atoms with Crippen LogP contribution >= 0.6 is 0 Å². The van der Waals surface area contributed by atoms with Gasteiger partial charge >= 0.3 is 0 Å². The van der Waals surface area contributed by atoms with Gasteiger partial charge in [-0.2, -0.15) is 15.0 Å². The summed E-state index contributed by atoms with van der Waals surface area (Å²) in [6.45, 7) is 6.44. The van der Waals surface area contributed by atoms with Gasteiger partial charge in [-0.3, -0.25) is 4.57 Å². The highest BCUT2D eigenvalue weighted by Crippen LogP contribution is 2.13. The fourth-order valence-electron chi connectivity index (χ4n) is 1.64. The standard InChI is InChI=1S/C12H19N7/c1-4-8(2)9(3)15-11-16-10(13)17-12(18-11)19-6-5-14-7-19/h5-9H,4H2,1-3H3,(H3,13,15,16,17,18). The Kier molecular flexibility index (Phi) is 3.94. The number of anilines is 2. The van der Waals surface area contributed by atoms with E-state index in [1.165, 1.54) is 0 Å². The van der Waals surface area contributed by atoms with Crippen LogP contribution in [-0.2, 0) is 0 Å². The Morgan fingerprint density at radius 3 is 2.74 bits per heavy atom. The summed E-state index contributed by atoms with van der Waals surface area (Å²) in [7, 11) is 0. The van der Waals surface area contributed by atoms with Gasteiger partial charge in [0.15, 0.2) is 0 Å². The molecular formula is C12H19N7. The predicted octanol–water partition coefficient (Wildman–Crippen LogP) is 1.49. The van der Waals surface area contributed by atoms with Crippen LogP contribution in [0.4, 0.5) is 11.9 Å². The maximum Gasteiger partial charge on any atom is 0.241 e. The van der Waals surface area contributed by atoms with Crippen molar-refractivity contribution in [3.8, 4) is 5.95 Å². The second-order valence-corrected chi connectivity index (χ2v) is 4.61. The molecule has 2 rings (SSSR count). The summed E-state index contributed by atoms with van der Waals surface area (Å²) < 4.78 is 1.69. The molecule has 0 bridgehead atoms. The SMILES string of the molecule is CCC(C)C(C)Nc1nc(N)nc(-n2ccnc2)n1. The molecule has 19 heavy (non-hydrogen) atoms. The Labute approximate surface area is 112 Å². The number of hydrogen-bond donors (Lipinski definition) is 2. The van der Waals surface area contributed by atoms with Crippen molar-refractivity contribution in [2.75, 3.05) is 11.1 Å². The molecule has 0 spiro atoms. The molecule has 2 aromatic heterocycles. The number of nitrogens with two attached hydrogens (primary N) is 1. The van der Waals surface area contributed by atoms with Gasteiger partial charge in [-0.15, -0.1) is 0 Å². The molecule has 0 amide bonds. The van der Waals surface area contributed by atoms with E-state index in [1.807, 2.05) is 0 Å². The zero-order valence-corrected chi connectivity index (χ0v) is 11.4. The van der Waals surface area contributed by atoms with Crippen LogP contribution in [0.1, 0.15) is 27.2 Å². The number of nitrogens with one attached hydrogen (secondary N) is 1. The molecule has 7 heteroatoms. The molecule has 3 N–H and O–H groups in total. The van der Waals surface area contributed by atoms with Crippen LogP contribution < -0.4 is 11.1 Å². The van der Waals surface area contributed by atoms with Gasteiger partial charge in [-0.1, -0.05) is 20.3 Å². The molecule has 0 aliphatic heterocycles. The van der Waals surface area contributed by atoms with Gasteiger partial charge < -0.3 is 11.1 Å². The maximum atomic E-state index is 5.71. The molecule has 0 fully saturated rings. The first-order valence-electron chi connectivity index (χ1n) is 6.36. The minimum atomic E-state index is 0.192. The Balaban J connectivity index is 2.22. The monoisotopic (exact) mass is 261 g/mol. The van der Waals surface area contributed by atoms with Crippen LogP contribution in [0.2, 0.25) is 0 Å². The largest absolute Gasteiger partial charge is 0.368 e. The summed E-state index contributed by atoms with van der Waals surface area (Å²) in [5, 5.41) is 3.26. The van der Waals surface area contributed by atoms with E-state index in [0.29, 0.717) is 17.8 Å². The first-order chi connectivity index (χ1) is 9.10. The molecule has 2 heterocycles. The minimum absolute atomic E-state index is 0.192. The lowest BCUT2D eigenvalue weighted by Crippen LogP contribution is -2.25. The first kappa shape index (κ1) is 13.3. The molecular weight excluding hydrogens is 242 g/mol. The summed E-state index contributed by atoms with van der Waals surface area (Å²) in [4.78, 5) is 16.5. The Hall–Kier alpha value is -2.18. The number of aromatic nitrogens is 5. The van der Waals surface area contributed by atoms with E-state index < -0.39 is 0 Å². The van der Waals surface area contributed by atoms with Crippen molar-refractivity contribution in [3.05, 3.63) is 18.7 Å². The molecule has 2 aromatic rings. The van der Waals surface area contributed by atoms with E-state index in [9.17, 15) is 0 Å². The van der Waals surface area contributed by atoms with Gasteiger partial charge in [-0.05, 0) is 12.8 Å². The zero-order valence-electron chi connectivity index (χ0n) is 11.4. The van der Waals surface area contributed by atoms with Gasteiger partial charge in [-0.25, -0.2) is 4.98 Å². The van der Waals surface area contributed by atoms with Crippen LogP contribution in [-0.4, -0.2) is 30.5 Å². The van der Waals surface area contributed by atoms with Gasteiger partial charge in [0, 0.05) is 18.4 Å². The van der Waals surface area contributed by atoms with Gasteiger partial charge in [0.25, 0.3) is 0 Å². The van der Waals surface area contributed by atoms with E-state index in [1.54, 1.807) is 23.3 Å². The van der Waals surface area contributed by atoms with Crippen molar-refractivity contribution in [1.82, 2.24) is 24.5 Å². The molecule has 7 nitrogen and oxygen atoms in total. The fourth-order valence-corrected chi connectivity index (χ4v) is 1.64. The lowest BCUT2D eigenvalue weighted by Gasteiger charge is -2.19. The van der Waals surface area contributed by atoms with Crippen LogP contribution in [0.5, 0.6) is 0 Å². The van der Waals surface area contributed by atoms with Crippen LogP contribution in [0.15, 0.2) is 18.7 Å². The number of nitrogen functional groups attached to an aromatic ring is 1. The Bertz CT molecular complexity index is 523. The Morgan fingerprint density at radius 2 is 2.11 bits per heavy atom. The lowest BCUT2D eigenvalue weighted by molar-refractivity contribution is 0.492. The summed E-state index contributed by atoms with van der Waals surface area (Å²) >= 11 is 0. The number of hydrogen-bond acceptors (Lipinski definition) is 6. The van der Waals surface area contributed by atoms with Gasteiger partial charge in [0.05, 0.1) is 0 Å². The molecule has 0 aliphatic rings. The highest BCUT2D eigenvalue weighted by atomic mass is 15.3. The normalized spacial score (nSPS) is 14.1. The molecule has 102 valence electrons. The quantitative estimate of drug-likeness (QED) is 0.846. The predicted molar refractivity (Wildman–Crippen MR) is 73.9 cm³/mol. The highest BCUT2D eigenvalue weighted by Gasteiger charge is 2.13. The van der Waals surface area contributed by atoms with Crippen molar-refractivity contribution in [1.29, 1.82) is 0 Å². The second kappa shape index (κ2) is 5.64. The summed E-state index contributed by atoms with van der Waals surface area (Å²) in [6.07, 6.45) is 6.13. The molecule has 0 radical (unpaired) electrons. The van der Waals surface area contributed by atoms with Crippen molar-refractivity contribution >= 4 is 11.9 Å². The van der Waals surface area contributed by atoms with Crippen molar-refractivity contribution in [2.24, 2.45) is 5.92 Å². The van der Waals surface area contributed by atoms with Gasteiger partial charge in [0.1, 0.15) is 6.33 Å². The van der Waals surface area contributed by atoms with E-state index in [0.717, 1.165) is 6.42 Å². The molecule has 0 saturated heterocycles. The van der Waals surface area contributed by atoms with E-state index in [4.69, 9.17) is 5.73 Å².